The van der Waals surface area contributed by atoms with E-state index in [1.165, 1.54) is 23.3 Å². The number of thiocarbonyl (C=S) groups is 1. The van der Waals surface area contributed by atoms with Crippen LogP contribution in [0.25, 0.3) is 10.9 Å². The maximum atomic E-state index is 13.2. The molecule has 0 saturated heterocycles. The molecule has 0 saturated carbocycles. The summed E-state index contributed by atoms with van der Waals surface area (Å²) in [5.41, 5.74) is 5.41. The van der Waals surface area contributed by atoms with Crippen LogP contribution in [-0.2, 0) is 6.42 Å². The van der Waals surface area contributed by atoms with E-state index in [2.05, 4.69) is 35.5 Å². The Morgan fingerprint density at radius 1 is 1.21 bits per heavy atom. The van der Waals surface area contributed by atoms with E-state index < -0.39 is 0 Å². The highest BCUT2D eigenvalue weighted by atomic mass is 32.1. The van der Waals surface area contributed by atoms with Gasteiger partial charge in [0.05, 0.1) is 0 Å². The van der Waals surface area contributed by atoms with Gasteiger partial charge in [-0.3, -0.25) is 0 Å². The second kappa shape index (κ2) is 7.01. The van der Waals surface area contributed by atoms with E-state index >= 15 is 0 Å². The fourth-order valence-corrected chi connectivity index (χ4v) is 2.94. The van der Waals surface area contributed by atoms with Crippen molar-refractivity contribution in [2.45, 2.75) is 20.3 Å². The zero-order valence-corrected chi connectivity index (χ0v) is 14.6. The SMILES string of the molecule is Cc1cccc(NC(=S)NCCc2c[nH]c3cc(F)ccc23)c1C. The van der Waals surface area contributed by atoms with Crippen molar-refractivity contribution in [3.63, 3.8) is 0 Å². The minimum Gasteiger partial charge on any atom is -0.362 e. The van der Waals surface area contributed by atoms with E-state index in [1.54, 1.807) is 0 Å². The molecule has 0 spiro atoms. The van der Waals surface area contributed by atoms with E-state index in [0.29, 0.717) is 11.7 Å². The molecule has 0 aliphatic rings. The number of fused-ring (bicyclic) bond motifs is 1. The largest absolute Gasteiger partial charge is 0.362 e. The van der Waals surface area contributed by atoms with Crippen molar-refractivity contribution in [3.05, 3.63) is 65.1 Å². The smallest absolute Gasteiger partial charge is 0.170 e. The van der Waals surface area contributed by atoms with Crippen LogP contribution in [0, 0.1) is 19.7 Å². The van der Waals surface area contributed by atoms with Crippen LogP contribution in [0.1, 0.15) is 16.7 Å². The second-order valence-corrected chi connectivity index (χ2v) is 6.29. The van der Waals surface area contributed by atoms with Crippen molar-refractivity contribution in [3.8, 4) is 0 Å². The molecular weight excluding hydrogens is 321 g/mol. The first-order valence-electron chi connectivity index (χ1n) is 7.91. The highest BCUT2D eigenvalue weighted by Crippen LogP contribution is 2.20. The Balaban J connectivity index is 1.57. The summed E-state index contributed by atoms with van der Waals surface area (Å²) in [6.45, 7) is 4.86. The molecule has 0 radical (unpaired) electrons. The van der Waals surface area contributed by atoms with Crippen molar-refractivity contribution < 1.29 is 4.39 Å². The highest BCUT2D eigenvalue weighted by molar-refractivity contribution is 7.80. The lowest BCUT2D eigenvalue weighted by Gasteiger charge is -2.13. The van der Waals surface area contributed by atoms with Gasteiger partial charge in [0.1, 0.15) is 5.82 Å². The maximum absolute atomic E-state index is 13.2. The molecule has 0 aliphatic heterocycles. The molecule has 1 aromatic heterocycles. The Hall–Kier alpha value is -2.40. The number of anilines is 1. The molecule has 3 N–H and O–H groups in total. The summed E-state index contributed by atoms with van der Waals surface area (Å²) in [5, 5.41) is 8.12. The lowest BCUT2D eigenvalue weighted by molar-refractivity contribution is 0.629. The summed E-state index contributed by atoms with van der Waals surface area (Å²) in [6, 6.07) is 10.9. The minimum atomic E-state index is -0.229. The first kappa shape index (κ1) is 16.5. The number of H-pyrrole nitrogens is 1. The van der Waals surface area contributed by atoms with Gasteiger partial charge in [-0.2, -0.15) is 0 Å². The van der Waals surface area contributed by atoms with Gasteiger partial charge in [-0.15, -0.1) is 0 Å². The van der Waals surface area contributed by atoms with Gasteiger partial charge in [-0.25, -0.2) is 4.39 Å². The molecule has 0 bridgehead atoms. The predicted molar refractivity (Wildman–Crippen MR) is 102 cm³/mol. The lowest BCUT2D eigenvalue weighted by Crippen LogP contribution is -2.30. The zero-order chi connectivity index (χ0) is 17.1. The molecule has 0 aliphatic carbocycles. The van der Waals surface area contributed by atoms with Crippen molar-refractivity contribution in [1.82, 2.24) is 10.3 Å². The Kier molecular flexibility index (Phi) is 4.81. The van der Waals surface area contributed by atoms with E-state index in [0.717, 1.165) is 28.6 Å². The molecule has 0 fully saturated rings. The molecule has 124 valence electrons. The normalized spacial score (nSPS) is 10.8. The molecule has 0 unspecified atom stereocenters. The van der Waals surface area contributed by atoms with Crippen molar-refractivity contribution >= 4 is 33.9 Å². The van der Waals surface area contributed by atoms with Gasteiger partial charge in [0.15, 0.2) is 5.11 Å². The number of aryl methyl sites for hydroxylation is 1. The number of benzene rings is 2. The predicted octanol–water partition coefficient (Wildman–Crippen LogP) is 4.45. The van der Waals surface area contributed by atoms with Crippen LogP contribution in [0.5, 0.6) is 0 Å². The molecular formula is C19H20FN3S. The molecule has 0 atom stereocenters. The maximum Gasteiger partial charge on any atom is 0.170 e. The quantitative estimate of drug-likeness (QED) is 0.614. The first-order valence-corrected chi connectivity index (χ1v) is 8.32. The van der Waals surface area contributed by atoms with Crippen molar-refractivity contribution in [2.75, 3.05) is 11.9 Å². The summed E-state index contributed by atoms with van der Waals surface area (Å²) in [6.07, 6.45) is 2.73. The van der Waals surface area contributed by atoms with Gasteiger partial charge in [-0.05, 0) is 73.4 Å². The third-order valence-corrected chi connectivity index (χ3v) is 4.51. The van der Waals surface area contributed by atoms with Gasteiger partial charge in [-0.1, -0.05) is 12.1 Å². The average molecular weight is 341 g/mol. The molecule has 3 rings (SSSR count). The van der Waals surface area contributed by atoms with Gasteiger partial charge < -0.3 is 15.6 Å². The van der Waals surface area contributed by atoms with Gasteiger partial charge in [0.2, 0.25) is 0 Å². The number of rotatable bonds is 4. The number of hydrogen-bond donors (Lipinski definition) is 3. The molecule has 2 aromatic carbocycles. The summed E-state index contributed by atoms with van der Waals surface area (Å²) in [7, 11) is 0. The molecule has 3 aromatic rings. The van der Waals surface area contributed by atoms with Crippen molar-refractivity contribution in [2.24, 2.45) is 0 Å². The molecule has 1 heterocycles. The van der Waals surface area contributed by atoms with E-state index in [-0.39, 0.29) is 5.82 Å². The fraction of sp³-hybridized carbons (Fsp3) is 0.211. The summed E-state index contributed by atoms with van der Waals surface area (Å²) < 4.78 is 13.2. The topological polar surface area (TPSA) is 39.8 Å². The van der Waals surface area contributed by atoms with Crippen LogP contribution >= 0.6 is 12.2 Å². The van der Waals surface area contributed by atoms with Crippen LogP contribution in [-0.4, -0.2) is 16.6 Å². The lowest BCUT2D eigenvalue weighted by atomic mass is 10.1. The Bertz CT molecular complexity index is 885. The third-order valence-electron chi connectivity index (χ3n) is 4.26. The standard InChI is InChI=1S/C19H20FN3S/c1-12-4-3-5-17(13(12)2)23-19(24)21-9-8-14-11-22-18-10-15(20)6-7-16(14)18/h3-7,10-11,22H,8-9H2,1-2H3,(H2,21,23,24). The van der Waals surface area contributed by atoms with E-state index in [4.69, 9.17) is 12.2 Å². The zero-order valence-electron chi connectivity index (χ0n) is 13.7. The van der Waals surface area contributed by atoms with Crippen molar-refractivity contribution in [1.29, 1.82) is 0 Å². The molecule has 5 heteroatoms. The highest BCUT2D eigenvalue weighted by Gasteiger charge is 2.06. The van der Waals surface area contributed by atoms with Gasteiger partial charge in [0.25, 0.3) is 0 Å². The number of aromatic nitrogens is 1. The molecule has 0 amide bonds. The van der Waals surface area contributed by atoms with E-state index in [1.807, 2.05) is 24.4 Å². The summed E-state index contributed by atoms with van der Waals surface area (Å²) in [5.74, 6) is -0.229. The van der Waals surface area contributed by atoms with Crippen LogP contribution < -0.4 is 10.6 Å². The van der Waals surface area contributed by atoms with Crippen LogP contribution in [0.3, 0.4) is 0 Å². The first-order chi connectivity index (χ1) is 11.5. The number of halogens is 1. The Labute approximate surface area is 146 Å². The third kappa shape index (κ3) is 3.57. The molecule has 3 nitrogen and oxygen atoms in total. The average Bonchev–Trinajstić information content (AvgIpc) is 2.94. The van der Waals surface area contributed by atoms with Gasteiger partial charge in [0, 0.05) is 29.3 Å². The van der Waals surface area contributed by atoms with Crippen LogP contribution in [0.15, 0.2) is 42.6 Å². The van der Waals surface area contributed by atoms with Gasteiger partial charge >= 0.3 is 0 Å². The fourth-order valence-electron chi connectivity index (χ4n) is 2.73. The monoisotopic (exact) mass is 341 g/mol. The molecule has 24 heavy (non-hydrogen) atoms. The number of hydrogen-bond acceptors (Lipinski definition) is 1. The second-order valence-electron chi connectivity index (χ2n) is 5.88. The van der Waals surface area contributed by atoms with E-state index in [9.17, 15) is 4.39 Å². The number of aromatic amines is 1. The summed E-state index contributed by atoms with van der Waals surface area (Å²) in [4.78, 5) is 3.10. The Morgan fingerprint density at radius 2 is 2.04 bits per heavy atom. The Morgan fingerprint density at radius 3 is 2.88 bits per heavy atom. The number of nitrogens with one attached hydrogen (secondary N) is 3. The van der Waals surface area contributed by atoms with Crippen LogP contribution in [0.2, 0.25) is 0 Å². The minimum absolute atomic E-state index is 0.229. The van der Waals surface area contributed by atoms with Crippen LogP contribution in [0.4, 0.5) is 10.1 Å². The summed E-state index contributed by atoms with van der Waals surface area (Å²) >= 11 is 5.37.